The number of benzene rings is 2. The molecule has 0 aliphatic rings. The summed E-state index contributed by atoms with van der Waals surface area (Å²) in [4.78, 5) is 24.2. The lowest BCUT2D eigenvalue weighted by Gasteiger charge is -2.22. The Morgan fingerprint density at radius 1 is 1.06 bits per heavy atom. The molecule has 0 aliphatic carbocycles. The number of hydrogen-bond acceptors (Lipinski definition) is 4. The first kappa shape index (κ1) is 26.3. The van der Waals surface area contributed by atoms with Crippen LogP contribution in [0.4, 0.5) is 13.2 Å². The number of rotatable bonds is 9. The minimum Gasteiger partial charge on any atom is -0.485 e. The Hall–Kier alpha value is -3.33. The number of nitrogens with one attached hydrogen (secondary N) is 1. The Balaban J connectivity index is 1.74. The van der Waals surface area contributed by atoms with Gasteiger partial charge in [-0.1, -0.05) is 32.0 Å². The Bertz CT molecular complexity index is 1190. The molecule has 1 amide bonds. The number of hydrogen-bond donors (Lipinski definition) is 2. The summed E-state index contributed by atoms with van der Waals surface area (Å²) < 4.78 is 44.8. The van der Waals surface area contributed by atoms with Crippen LogP contribution >= 0.6 is 11.3 Å². The molecule has 35 heavy (non-hydrogen) atoms. The number of alkyl halides is 3. The van der Waals surface area contributed by atoms with Crippen molar-refractivity contribution in [2.45, 2.75) is 39.5 Å². The fourth-order valence-corrected chi connectivity index (χ4v) is 4.67. The van der Waals surface area contributed by atoms with Crippen LogP contribution in [0.3, 0.4) is 0 Å². The number of carbonyl (C=O) groups is 2. The zero-order chi connectivity index (χ0) is 25.8. The number of carboxylic acids is 1. The van der Waals surface area contributed by atoms with Crippen molar-refractivity contribution in [3.8, 4) is 16.9 Å². The Labute approximate surface area is 205 Å². The lowest BCUT2D eigenvalue weighted by Crippen LogP contribution is -2.25. The van der Waals surface area contributed by atoms with Gasteiger partial charge in [-0.15, -0.1) is 11.3 Å². The fourth-order valence-electron chi connectivity index (χ4n) is 3.54. The minimum absolute atomic E-state index is 0.0517. The molecule has 0 saturated carbocycles. The van der Waals surface area contributed by atoms with E-state index < -0.39 is 17.7 Å². The van der Waals surface area contributed by atoms with Crippen molar-refractivity contribution in [1.29, 1.82) is 0 Å². The molecule has 3 rings (SSSR count). The lowest BCUT2D eigenvalue weighted by atomic mass is 9.99. The third-order valence-electron chi connectivity index (χ3n) is 5.35. The van der Waals surface area contributed by atoms with Gasteiger partial charge < -0.3 is 15.2 Å². The van der Waals surface area contributed by atoms with E-state index in [0.29, 0.717) is 16.2 Å². The second-order valence-corrected chi connectivity index (χ2v) is 9.55. The highest BCUT2D eigenvalue weighted by molar-refractivity contribution is 7.14. The predicted molar refractivity (Wildman–Crippen MR) is 129 cm³/mol. The average molecular weight is 506 g/mol. The average Bonchev–Trinajstić information content (AvgIpc) is 3.26. The van der Waals surface area contributed by atoms with Crippen LogP contribution in [0.15, 0.2) is 54.6 Å². The SMILES string of the molecule is Cc1cc(O[C@@H](c2ccc(C(=O)NCCC(=O)O)s2)C(C)C)ccc1-c1ccc(C(F)(F)F)cc1. The van der Waals surface area contributed by atoms with E-state index in [1.54, 1.807) is 12.1 Å². The molecule has 5 nitrogen and oxygen atoms in total. The van der Waals surface area contributed by atoms with Crippen LogP contribution in [-0.4, -0.2) is 23.5 Å². The molecule has 0 bridgehead atoms. The first-order valence-corrected chi connectivity index (χ1v) is 11.8. The Morgan fingerprint density at radius 3 is 2.31 bits per heavy atom. The number of amides is 1. The molecule has 0 spiro atoms. The van der Waals surface area contributed by atoms with Gasteiger partial charge in [0.2, 0.25) is 0 Å². The van der Waals surface area contributed by atoms with Crippen LogP contribution in [0, 0.1) is 12.8 Å². The summed E-state index contributed by atoms with van der Waals surface area (Å²) in [7, 11) is 0. The number of ether oxygens (including phenoxy) is 1. The summed E-state index contributed by atoms with van der Waals surface area (Å²) >= 11 is 1.29. The van der Waals surface area contributed by atoms with Gasteiger partial charge in [0.1, 0.15) is 11.9 Å². The zero-order valence-corrected chi connectivity index (χ0v) is 20.3. The van der Waals surface area contributed by atoms with Crippen molar-refractivity contribution in [2.75, 3.05) is 6.54 Å². The molecular formula is C26H26F3NO4S. The summed E-state index contributed by atoms with van der Waals surface area (Å²) in [5.74, 6) is -0.615. The van der Waals surface area contributed by atoms with Gasteiger partial charge in [0.05, 0.1) is 16.9 Å². The van der Waals surface area contributed by atoms with E-state index in [1.807, 2.05) is 39.0 Å². The van der Waals surface area contributed by atoms with E-state index in [4.69, 9.17) is 9.84 Å². The standard InChI is InChI=1S/C26H26F3NO4S/c1-15(2)24(21-10-11-22(35-21)25(33)30-13-12-23(31)32)34-19-8-9-20(16(3)14-19)17-4-6-18(7-5-17)26(27,28)29/h4-11,14-15,24H,12-13H2,1-3H3,(H,30,33)(H,31,32)/t24-/m1/s1. The second kappa shape index (κ2) is 10.9. The normalized spacial score (nSPS) is 12.4. The molecule has 0 aliphatic heterocycles. The number of halogens is 3. The summed E-state index contributed by atoms with van der Waals surface area (Å²) in [6.07, 6.45) is -4.85. The van der Waals surface area contributed by atoms with Crippen molar-refractivity contribution < 1.29 is 32.6 Å². The van der Waals surface area contributed by atoms with E-state index in [2.05, 4.69) is 5.32 Å². The van der Waals surface area contributed by atoms with E-state index in [1.165, 1.54) is 23.5 Å². The smallest absolute Gasteiger partial charge is 0.416 e. The highest BCUT2D eigenvalue weighted by Crippen LogP contribution is 2.36. The molecule has 3 aromatic rings. The predicted octanol–water partition coefficient (Wildman–Crippen LogP) is 6.72. The first-order valence-electron chi connectivity index (χ1n) is 11.0. The van der Waals surface area contributed by atoms with Crippen molar-refractivity contribution in [2.24, 2.45) is 5.92 Å². The second-order valence-electron chi connectivity index (χ2n) is 8.44. The summed E-state index contributed by atoms with van der Waals surface area (Å²) in [5.41, 5.74) is 1.65. The molecule has 1 aromatic heterocycles. The van der Waals surface area contributed by atoms with Crippen LogP contribution in [0.2, 0.25) is 0 Å². The molecule has 2 N–H and O–H groups in total. The fraction of sp³-hybridized carbons (Fsp3) is 0.308. The van der Waals surface area contributed by atoms with E-state index in [9.17, 15) is 22.8 Å². The van der Waals surface area contributed by atoms with Crippen LogP contribution in [0.1, 0.15) is 52.0 Å². The number of carboxylic acid groups (broad SMARTS) is 1. The zero-order valence-electron chi connectivity index (χ0n) is 19.5. The highest BCUT2D eigenvalue weighted by Gasteiger charge is 2.30. The van der Waals surface area contributed by atoms with Crippen LogP contribution in [0.5, 0.6) is 5.75 Å². The van der Waals surface area contributed by atoms with Crippen molar-refractivity contribution >= 4 is 23.2 Å². The van der Waals surface area contributed by atoms with E-state index in [0.717, 1.165) is 28.1 Å². The molecule has 0 unspecified atom stereocenters. The molecule has 1 heterocycles. The Kier molecular flexibility index (Phi) is 8.22. The maximum Gasteiger partial charge on any atom is 0.416 e. The topological polar surface area (TPSA) is 75.6 Å². The van der Waals surface area contributed by atoms with Gasteiger partial charge in [-0.05, 0) is 65.9 Å². The number of carbonyl (C=O) groups excluding carboxylic acids is 1. The maximum absolute atomic E-state index is 12.9. The minimum atomic E-state index is -4.38. The summed E-state index contributed by atoms with van der Waals surface area (Å²) in [6, 6.07) is 14.0. The molecule has 9 heteroatoms. The third kappa shape index (κ3) is 6.85. The van der Waals surface area contributed by atoms with Crippen molar-refractivity contribution in [3.63, 3.8) is 0 Å². The van der Waals surface area contributed by atoms with Crippen LogP contribution in [-0.2, 0) is 11.0 Å². The lowest BCUT2D eigenvalue weighted by molar-refractivity contribution is -0.138. The van der Waals surface area contributed by atoms with Gasteiger partial charge in [-0.3, -0.25) is 9.59 Å². The van der Waals surface area contributed by atoms with Crippen LogP contribution < -0.4 is 10.1 Å². The van der Waals surface area contributed by atoms with Crippen molar-refractivity contribution in [3.05, 3.63) is 75.5 Å². The summed E-state index contributed by atoms with van der Waals surface area (Å²) in [5, 5.41) is 11.3. The van der Waals surface area contributed by atoms with Crippen molar-refractivity contribution in [1.82, 2.24) is 5.32 Å². The van der Waals surface area contributed by atoms with Crippen LogP contribution in [0.25, 0.3) is 11.1 Å². The molecule has 1 atom stereocenters. The highest BCUT2D eigenvalue weighted by atomic mass is 32.1. The van der Waals surface area contributed by atoms with Gasteiger partial charge in [-0.25, -0.2) is 0 Å². The molecule has 0 fully saturated rings. The quantitative estimate of drug-likeness (QED) is 0.338. The van der Waals surface area contributed by atoms with E-state index >= 15 is 0 Å². The van der Waals surface area contributed by atoms with Gasteiger partial charge in [0.25, 0.3) is 5.91 Å². The first-order chi connectivity index (χ1) is 16.5. The number of aryl methyl sites for hydroxylation is 1. The molecule has 2 aromatic carbocycles. The maximum atomic E-state index is 12.9. The van der Waals surface area contributed by atoms with Gasteiger partial charge in [0, 0.05) is 11.4 Å². The molecule has 186 valence electrons. The summed E-state index contributed by atoms with van der Waals surface area (Å²) in [6.45, 7) is 5.92. The monoisotopic (exact) mass is 505 g/mol. The number of aliphatic carboxylic acids is 1. The van der Waals surface area contributed by atoms with Gasteiger partial charge in [-0.2, -0.15) is 13.2 Å². The molecule has 0 saturated heterocycles. The largest absolute Gasteiger partial charge is 0.485 e. The molecular weight excluding hydrogens is 479 g/mol. The van der Waals surface area contributed by atoms with E-state index in [-0.39, 0.29) is 30.9 Å². The Morgan fingerprint density at radius 2 is 1.74 bits per heavy atom. The van der Waals surface area contributed by atoms with Gasteiger partial charge >= 0.3 is 12.1 Å². The third-order valence-corrected chi connectivity index (χ3v) is 6.49. The number of thiophene rings is 1. The molecule has 0 radical (unpaired) electrons. The van der Waals surface area contributed by atoms with Gasteiger partial charge in [0.15, 0.2) is 0 Å².